The molecule has 0 aliphatic carbocycles. The Balaban J connectivity index is 2.81. The van der Waals surface area contributed by atoms with Gasteiger partial charge in [0.2, 0.25) is 0 Å². The van der Waals surface area contributed by atoms with Gasteiger partial charge in [-0.15, -0.1) is 11.3 Å². The third-order valence-electron chi connectivity index (χ3n) is 2.05. The number of thiophene rings is 1. The van der Waals surface area contributed by atoms with Crippen molar-refractivity contribution in [3.8, 4) is 6.07 Å². The Kier molecular flexibility index (Phi) is 4.91. The van der Waals surface area contributed by atoms with Crippen LogP contribution in [-0.4, -0.2) is 26.0 Å². The first-order valence-electron chi connectivity index (χ1n) is 5.80. The molecule has 0 saturated carbocycles. The molecule has 8 heteroatoms. The number of rotatable bonds is 4. The molecule has 0 radical (unpaired) electrons. The summed E-state index contributed by atoms with van der Waals surface area (Å²) in [6, 6.07) is 3.59. The summed E-state index contributed by atoms with van der Waals surface area (Å²) in [6.07, 6.45) is 0. The average Bonchev–Trinajstić information content (AvgIpc) is 2.75. The SMILES string of the molecule is C[C@H](NS(=O)(=O)c1ccc(C#N)s1)C(=O)OC(C)(C)C. The molecule has 0 aliphatic heterocycles. The van der Waals surface area contributed by atoms with Gasteiger partial charge in [-0.05, 0) is 39.8 Å². The first-order chi connectivity index (χ1) is 9.05. The van der Waals surface area contributed by atoms with Crippen LogP contribution in [0.3, 0.4) is 0 Å². The second kappa shape index (κ2) is 5.91. The fourth-order valence-electron chi connectivity index (χ4n) is 1.25. The predicted octanol–water partition coefficient (Wildman–Crippen LogP) is 1.63. The predicted molar refractivity (Wildman–Crippen MR) is 74.7 cm³/mol. The lowest BCUT2D eigenvalue weighted by molar-refractivity contribution is -0.156. The Morgan fingerprint density at radius 2 is 2.05 bits per heavy atom. The molecule has 0 aliphatic rings. The number of ether oxygens (including phenoxy) is 1. The number of hydrogen-bond donors (Lipinski definition) is 1. The van der Waals surface area contributed by atoms with Crippen molar-refractivity contribution < 1.29 is 17.9 Å². The second-order valence-electron chi connectivity index (χ2n) is 5.11. The number of hydrogen-bond acceptors (Lipinski definition) is 6. The minimum Gasteiger partial charge on any atom is -0.459 e. The molecule has 0 bridgehead atoms. The van der Waals surface area contributed by atoms with Crippen LogP contribution >= 0.6 is 11.3 Å². The van der Waals surface area contributed by atoms with Gasteiger partial charge in [0.1, 0.15) is 26.8 Å². The largest absolute Gasteiger partial charge is 0.459 e. The third-order valence-corrected chi connectivity index (χ3v) is 5.07. The standard InChI is InChI=1S/C12H16N2O4S2/c1-8(11(15)18-12(2,3)4)14-20(16,17)10-6-5-9(7-13)19-10/h5-6,8,14H,1-4H3/t8-/m0/s1. The van der Waals surface area contributed by atoms with E-state index in [1.54, 1.807) is 20.8 Å². The van der Waals surface area contributed by atoms with Crippen molar-refractivity contribution in [2.45, 2.75) is 43.5 Å². The van der Waals surface area contributed by atoms with Gasteiger partial charge in [0.25, 0.3) is 10.0 Å². The van der Waals surface area contributed by atoms with Crippen molar-refractivity contribution >= 4 is 27.3 Å². The molecule has 0 spiro atoms. The highest BCUT2D eigenvalue weighted by atomic mass is 32.2. The summed E-state index contributed by atoms with van der Waals surface area (Å²) >= 11 is 0.843. The zero-order valence-corrected chi connectivity index (χ0v) is 13.3. The summed E-state index contributed by atoms with van der Waals surface area (Å²) in [7, 11) is -3.83. The lowest BCUT2D eigenvalue weighted by atomic mass is 10.2. The van der Waals surface area contributed by atoms with Crippen LogP contribution in [0.25, 0.3) is 0 Å². The number of nitrogens with zero attached hydrogens (tertiary/aromatic N) is 1. The molecule has 0 amide bonds. The van der Waals surface area contributed by atoms with Crippen molar-refractivity contribution in [2.24, 2.45) is 0 Å². The molecule has 6 nitrogen and oxygen atoms in total. The highest BCUT2D eigenvalue weighted by Crippen LogP contribution is 2.21. The van der Waals surface area contributed by atoms with Crippen molar-refractivity contribution in [1.82, 2.24) is 4.72 Å². The van der Waals surface area contributed by atoms with E-state index in [4.69, 9.17) is 10.00 Å². The minimum atomic E-state index is -3.83. The Labute approximate surface area is 122 Å². The normalized spacial score (nSPS) is 13.6. The van der Waals surface area contributed by atoms with E-state index in [0.29, 0.717) is 0 Å². The molecule has 1 N–H and O–H groups in total. The minimum absolute atomic E-state index is 0.00976. The fourth-order valence-corrected chi connectivity index (χ4v) is 3.57. The molecule has 110 valence electrons. The number of nitrogens with one attached hydrogen (secondary N) is 1. The van der Waals surface area contributed by atoms with Crippen LogP contribution in [0, 0.1) is 11.3 Å². The van der Waals surface area contributed by atoms with E-state index in [0.717, 1.165) is 11.3 Å². The zero-order valence-electron chi connectivity index (χ0n) is 11.6. The second-order valence-corrected chi connectivity index (χ2v) is 8.13. The van der Waals surface area contributed by atoms with E-state index in [1.165, 1.54) is 19.1 Å². The Morgan fingerprint density at radius 3 is 2.50 bits per heavy atom. The van der Waals surface area contributed by atoms with E-state index in [1.807, 2.05) is 6.07 Å². The summed E-state index contributed by atoms with van der Waals surface area (Å²) in [4.78, 5) is 12.0. The molecule has 1 rings (SSSR count). The number of esters is 1. The molecule has 1 aromatic rings. The van der Waals surface area contributed by atoms with Gasteiger partial charge in [0.05, 0.1) is 0 Å². The summed E-state index contributed by atoms with van der Waals surface area (Å²) in [5, 5.41) is 8.69. The van der Waals surface area contributed by atoms with Gasteiger partial charge in [0.15, 0.2) is 0 Å². The number of sulfonamides is 1. The molecular weight excluding hydrogens is 300 g/mol. The number of carbonyl (C=O) groups excluding carboxylic acids is 1. The van der Waals surface area contributed by atoms with E-state index >= 15 is 0 Å². The maximum atomic E-state index is 12.0. The molecule has 0 aromatic carbocycles. The topological polar surface area (TPSA) is 96.3 Å². The van der Waals surface area contributed by atoms with Crippen LogP contribution in [-0.2, 0) is 19.6 Å². The Hall–Kier alpha value is -1.43. The average molecular weight is 316 g/mol. The summed E-state index contributed by atoms with van der Waals surface area (Å²) in [5.41, 5.74) is -0.687. The number of carbonyl (C=O) groups is 1. The highest BCUT2D eigenvalue weighted by molar-refractivity contribution is 7.91. The van der Waals surface area contributed by atoms with E-state index in [2.05, 4.69) is 4.72 Å². The lowest BCUT2D eigenvalue weighted by Gasteiger charge is -2.22. The molecule has 20 heavy (non-hydrogen) atoms. The summed E-state index contributed by atoms with van der Waals surface area (Å²) < 4.78 is 31.4. The van der Waals surface area contributed by atoms with Crippen LogP contribution in [0.1, 0.15) is 32.6 Å². The van der Waals surface area contributed by atoms with Gasteiger partial charge in [-0.2, -0.15) is 9.98 Å². The monoisotopic (exact) mass is 316 g/mol. The van der Waals surface area contributed by atoms with Crippen LogP contribution in [0.5, 0.6) is 0 Å². The lowest BCUT2D eigenvalue weighted by Crippen LogP contribution is -2.41. The Morgan fingerprint density at radius 1 is 1.45 bits per heavy atom. The van der Waals surface area contributed by atoms with Crippen molar-refractivity contribution in [3.05, 3.63) is 17.0 Å². The van der Waals surface area contributed by atoms with Gasteiger partial charge < -0.3 is 4.74 Å². The zero-order chi connectivity index (χ0) is 15.6. The number of nitriles is 1. The van der Waals surface area contributed by atoms with Crippen LogP contribution in [0.15, 0.2) is 16.3 Å². The van der Waals surface area contributed by atoms with E-state index in [-0.39, 0.29) is 9.09 Å². The summed E-state index contributed by atoms with van der Waals surface area (Å²) in [6.45, 7) is 6.50. The summed E-state index contributed by atoms with van der Waals surface area (Å²) in [5.74, 6) is -0.655. The molecule has 0 fully saturated rings. The van der Waals surface area contributed by atoms with E-state index < -0.39 is 27.6 Å². The van der Waals surface area contributed by atoms with Gasteiger partial charge >= 0.3 is 5.97 Å². The maximum Gasteiger partial charge on any atom is 0.324 e. The van der Waals surface area contributed by atoms with Gasteiger partial charge in [-0.3, -0.25) is 4.79 Å². The third kappa shape index (κ3) is 4.59. The molecule has 0 unspecified atom stereocenters. The first-order valence-corrected chi connectivity index (χ1v) is 8.10. The van der Waals surface area contributed by atoms with Crippen molar-refractivity contribution in [3.63, 3.8) is 0 Å². The Bertz CT molecular complexity index is 635. The molecule has 1 atom stereocenters. The van der Waals surface area contributed by atoms with Crippen LogP contribution in [0.4, 0.5) is 0 Å². The highest BCUT2D eigenvalue weighted by Gasteiger charge is 2.27. The fraction of sp³-hybridized carbons (Fsp3) is 0.500. The molecule has 0 saturated heterocycles. The molecular formula is C12H16N2O4S2. The maximum absolute atomic E-state index is 12.0. The van der Waals surface area contributed by atoms with E-state index in [9.17, 15) is 13.2 Å². The molecule has 1 heterocycles. The van der Waals surface area contributed by atoms with Crippen molar-refractivity contribution in [2.75, 3.05) is 0 Å². The van der Waals surface area contributed by atoms with Gasteiger partial charge in [-0.1, -0.05) is 0 Å². The van der Waals surface area contributed by atoms with Crippen molar-refractivity contribution in [1.29, 1.82) is 5.26 Å². The van der Waals surface area contributed by atoms with Gasteiger partial charge in [-0.25, -0.2) is 8.42 Å². The smallest absolute Gasteiger partial charge is 0.324 e. The van der Waals surface area contributed by atoms with Gasteiger partial charge in [0, 0.05) is 0 Å². The first kappa shape index (κ1) is 16.6. The quantitative estimate of drug-likeness (QED) is 0.852. The van der Waals surface area contributed by atoms with Crippen LogP contribution < -0.4 is 4.72 Å². The molecule has 1 aromatic heterocycles. The van der Waals surface area contributed by atoms with Crippen LogP contribution in [0.2, 0.25) is 0 Å².